The molecule has 0 spiro atoms. The van der Waals surface area contributed by atoms with Gasteiger partial charge in [-0.2, -0.15) is 0 Å². The van der Waals surface area contributed by atoms with Crippen molar-refractivity contribution in [1.82, 2.24) is 4.90 Å². The molecule has 1 aromatic carbocycles. The summed E-state index contributed by atoms with van der Waals surface area (Å²) in [6.07, 6.45) is 2.43. The molecule has 1 N–H and O–H groups in total. The molecule has 3 atom stereocenters. The molecule has 1 fully saturated rings. The van der Waals surface area contributed by atoms with Crippen LogP contribution in [-0.2, 0) is 6.42 Å². The van der Waals surface area contributed by atoms with E-state index in [9.17, 15) is 5.11 Å². The van der Waals surface area contributed by atoms with Crippen LogP contribution < -0.4 is 9.47 Å². The Balaban J connectivity index is 1.88. The number of rotatable bonds is 4. The van der Waals surface area contributed by atoms with Crippen LogP contribution in [0.2, 0.25) is 0 Å². The standard InChI is InChI=1S/C19H27NO3/c1-12(2)7-14-11-20-6-5-13-8-18(22-3)19(23-4)9-15(13)16(20)10-17(14)21/h8-9,14,16-17,21H,1,5-7,10-11H2,2-4H3/t14?,16-,17-/m1/s1. The highest BCUT2D eigenvalue weighted by atomic mass is 16.5. The van der Waals surface area contributed by atoms with Gasteiger partial charge in [0.25, 0.3) is 0 Å². The first kappa shape index (κ1) is 16.3. The van der Waals surface area contributed by atoms with Gasteiger partial charge in [0.1, 0.15) is 0 Å². The molecule has 0 saturated carbocycles. The van der Waals surface area contributed by atoms with E-state index in [1.54, 1.807) is 14.2 Å². The summed E-state index contributed by atoms with van der Waals surface area (Å²) in [5, 5.41) is 10.6. The lowest BCUT2D eigenvalue weighted by Crippen LogP contribution is -2.48. The van der Waals surface area contributed by atoms with Crippen LogP contribution in [0.1, 0.15) is 36.9 Å². The Morgan fingerprint density at radius 3 is 2.65 bits per heavy atom. The molecule has 3 rings (SSSR count). The molecule has 1 unspecified atom stereocenters. The van der Waals surface area contributed by atoms with E-state index in [1.807, 2.05) is 6.92 Å². The van der Waals surface area contributed by atoms with Gasteiger partial charge in [-0.25, -0.2) is 0 Å². The predicted octanol–water partition coefficient (Wildman–Crippen LogP) is 2.95. The maximum atomic E-state index is 10.6. The molecule has 126 valence electrons. The summed E-state index contributed by atoms with van der Waals surface area (Å²) in [6, 6.07) is 4.46. The van der Waals surface area contributed by atoms with E-state index in [4.69, 9.17) is 9.47 Å². The van der Waals surface area contributed by atoms with Crippen LogP contribution in [-0.4, -0.2) is 43.4 Å². The van der Waals surface area contributed by atoms with Gasteiger partial charge < -0.3 is 14.6 Å². The van der Waals surface area contributed by atoms with Crippen molar-refractivity contribution in [3.05, 3.63) is 35.4 Å². The van der Waals surface area contributed by atoms with Crippen molar-refractivity contribution in [3.8, 4) is 11.5 Å². The monoisotopic (exact) mass is 317 g/mol. The lowest BCUT2D eigenvalue weighted by Gasteiger charge is -2.46. The zero-order valence-electron chi connectivity index (χ0n) is 14.3. The van der Waals surface area contributed by atoms with Crippen LogP contribution in [0.25, 0.3) is 0 Å². The van der Waals surface area contributed by atoms with Crippen molar-refractivity contribution in [2.45, 2.75) is 38.3 Å². The van der Waals surface area contributed by atoms with E-state index < -0.39 is 0 Å². The number of aliphatic hydroxyl groups is 1. The normalized spacial score (nSPS) is 27.0. The third-order valence-electron chi connectivity index (χ3n) is 5.20. The van der Waals surface area contributed by atoms with Crippen molar-refractivity contribution in [1.29, 1.82) is 0 Å². The summed E-state index contributed by atoms with van der Waals surface area (Å²) in [4.78, 5) is 2.51. The minimum atomic E-state index is -0.271. The first-order valence-corrected chi connectivity index (χ1v) is 8.34. The Morgan fingerprint density at radius 2 is 2.00 bits per heavy atom. The third-order valence-corrected chi connectivity index (χ3v) is 5.20. The van der Waals surface area contributed by atoms with Gasteiger partial charge in [0.2, 0.25) is 0 Å². The summed E-state index contributed by atoms with van der Waals surface area (Å²) < 4.78 is 10.9. The van der Waals surface area contributed by atoms with E-state index in [1.165, 1.54) is 11.1 Å². The highest BCUT2D eigenvalue weighted by Crippen LogP contribution is 2.43. The molecule has 2 heterocycles. The van der Waals surface area contributed by atoms with Crippen molar-refractivity contribution >= 4 is 0 Å². The molecule has 1 saturated heterocycles. The Hall–Kier alpha value is -1.52. The molecular formula is C19H27NO3. The average Bonchev–Trinajstić information content (AvgIpc) is 2.53. The van der Waals surface area contributed by atoms with Crippen molar-refractivity contribution in [2.24, 2.45) is 5.92 Å². The average molecular weight is 317 g/mol. The van der Waals surface area contributed by atoms with Crippen molar-refractivity contribution in [2.75, 3.05) is 27.3 Å². The first-order valence-electron chi connectivity index (χ1n) is 8.34. The second-order valence-electron chi connectivity index (χ2n) is 6.89. The van der Waals surface area contributed by atoms with Gasteiger partial charge >= 0.3 is 0 Å². The number of nitrogens with zero attached hydrogens (tertiary/aromatic N) is 1. The molecule has 0 aliphatic carbocycles. The number of hydrogen-bond acceptors (Lipinski definition) is 4. The summed E-state index contributed by atoms with van der Waals surface area (Å²) in [7, 11) is 3.34. The van der Waals surface area contributed by atoms with Gasteiger partial charge in [0, 0.05) is 25.0 Å². The largest absolute Gasteiger partial charge is 0.493 e. The number of hydrogen-bond donors (Lipinski definition) is 1. The second kappa shape index (κ2) is 6.54. The first-order chi connectivity index (χ1) is 11.0. The molecule has 4 heteroatoms. The molecule has 0 bridgehead atoms. The van der Waals surface area contributed by atoms with Gasteiger partial charge in [0.05, 0.1) is 20.3 Å². The highest BCUT2D eigenvalue weighted by Gasteiger charge is 2.38. The third kappa shape index (κ3) is 3.10. The minimum absolute atomic E-state index is 0.271. The quantitative estimate of drug-likeness (QED) is 0.867. The summed E-state index contributed by atoms with van der Waals surface area (Å²) in [5.41, 5.74) is 3.74. The smallest absolute Gasteiger partial charge is 0.161 e. The molecule has 2 aliphatic heterocycles. The SMILES string of the molecule is C=C(C)CC1CN2CCc3cc(OC)c(OC)cc3[C@H]2C[C@H]1O. The van der Waals surface area contributed by atoms with Crippen LogP contribution in [0.4, 0.5) is 0 Å². The van der Waals surface area contributed by atoms with E-state index in [0.717, 1.165) is 49.4 Å². The summed E-state index contributed by atoms with van der Waals surface area (Å²) in [6.45, 7) is 8.02. The number of fused-ring (bicyclic) bond motifs is 3. The zero-order chi connectivity index (χ0) is 16.6. The van der Waals surface area contributed by atoms with Crippen LogP contribution >= 0.6 is 0 Å². The van der Waals surface area contributed by atoms with Gasteiger partial charge in [0.15, 0.2) is 11.5 Å². The van der Waals surface area contributed by atoms with Gasteiger partial charge in [-0.15, -0.1) is 6.58 Å². The maximum absolute atomic E-state index is 10.6. The number of aliphatic hydroxyl groups excluding tert-OH is 1. The lowest BCUT2D eigenvalue weighted by atomic mass is 9.80. The Kier molecular flexibility index (Phi) is 4.64. The van der Waals surface area contributed by atoms with Gasteiger partial charge in [-0.05, 0) is 49.4 Å². The Morgan fingerprint density at radius 1 is 1.30 bits per heavy atom. The molecule has 4 nitrogen and oxygen atoms in total. The van der Waals surface area contributed by atoms with Gasteiger partial charge in [-0.3, -0.25) is 4.90 Å². The highest BCUT2D eigenvalue weighted by molar-refractivity contribution is 5.49. The summed E-state index contributed by atoms with van der Waals surface area (Å²) in [5.74, 6) is 1.85. The van der Waals surface area contributed by atoms with E-state index >= 15 is 0 Å². The number of methoxy groups -OCH3 is 2. The Labute approximate surface area is 138 Å². The molecule has 1 aromatic rings. The van der Waals surface area contributed by atoms with Crippen molar-refractivity contribution < 1.29 is 14.6 Å². The molecular weight excluding hydrogens is 290 g/mol. The molecule has 2 aliphatic rings. The predicted molar refractivity (Wildman–Crippen MR) is 91.1 cm³/mol. The number of ether oxygens (including phenoxy) is 2. The van der Waals surface area contributed by atoms with E-state index in [2.05, 4.69) is 23.6 Å². The maximum Gasteiger partial charge on any atom is 0.161 e. The summed E-state index contributed by atoms with van der Waals surface area (Å²) >= 11 is 0. The van der Waals surface area contributed by atoms with Crippen molar-refractivity contribution in [3.63, 3.8) is 0 Å². The topological polar surface area (TPSA) is 41.9 Å². The molecule has 23 heavy (non-hydrogen) atoms. The fraction of sp³-hybridized carbons (Fsp3) is 0.579. The zero-order valence-corrected chi connectivity index (χ0v) is 14.3. The van der Waals surface area contributed by atoms with E-state index in [-0.39, 0.29) is 12.1 Å². The van der Waals surface area contributed by atoms with Gasteiger partial charge in [-0.1, -0.05) is 5.57 Å². The number of allylic oxidation sites excluding steroid dienone is 1. The fourth-order valence-corrected chi connectivity index (χ4v) is 4.07. The molecule has 0 radical (unpaired) electrons. The number of piperidine rings is 1. The van der Waals surface area contributed by atoms with Crippen LogP contribution in [0.5, 0.6) is 11.5 Å². The lowest BCUT2D eigenvalue weighted by molar-refractivity contribution is -0.0117. The molecule has 0 amide bonds. The number of benzene rings is 1. The molecule has 0 aromatic heterocycles. The van der Waals surface area contributed by atoms with E-state index in [0.29, 0.717) is 5.92 Å². The Bertz CT molecular complexity index is 599. The van der Waals surface area contributed by atoms with Crippen LogP contribution in [0, 0.1) is 5.92 Å². The fourth-order valence-electron chi connectivity index (χ4n) is 4.07. The second-order valence-corrected chi connectivity index (χ2v) is 6.89. The van der Waals surface area contributed by atoms with Crippen LogP contribution in [0.3, 0.4) is 0 Å². The van der Waals surface area contributed by atoms with Crippen LogP contribution in [0.15, 0.2) is 24.3 Å². The minimum Gasteiger partial charge on any atom is -0.493 e.